The van der Waals surface area contributed by atoms with Crippen LogP contribution < -0.4 is 5.32 Å². The summed E-state index contributed by atoms with van der Waals surface area (Å²) in [6.45, 7) is 8.23. The van der Waals surface area contributed by atoms with Crippen molar-refractivity contribution in [2.45, 2.75) is 57.4 Å². The summed E-state index contributed by atoms with van der Waals surface area (Å²) in [5.74, 6) is 0.202. The van der Waals surface area contributed by atoms with Gasteiger partial charge in [-0.15, -0.1) is 0 Å². The summed E-state index contributed by atoms with van der Waals surface area (Å²) in [5.41, 5.74) is 4.19. The van der Waals surface area contributed by atoms with E-state index in [0.717, 1.165) is 26.2 Å². The van der Waals surface area contributed by atoms with Crippen LogP contribution in [0.1, 0.15) is 48.8 Å². The molecule has 1 atom stereocenters. The topological polar surface area (TPSA) is 35.6 Å². The summed E-state index contributed by atoms with van der Waals surface area (Å²) >= 11 is 0. The number of aryl methyl sites for hydroxylation is 2. The third kappa shape index (κ3) is 4.47. The molecule has 2 aliphatic rings. The molecule has 2 fully saturated rings. The standard InChI is InChI=1S/C22H35N3O/c1-17-11-18(2)13-19(12-17)22(7-5-6-8-22)16-23-21(26)14-20-15-24(3)9-10-25(20)4/h11-13,20H,5-10,14-16H2,1-4H3,(H,23,26)/t20-/m0/s1. The first-order chi connectivity index (χ1) is 12.4. The highest BCUT2D eigenvalue weighted by molar-refractivity contribution is 5.76. The Morgan fingerprint density at radius 2 is 1.77 bits per heavy atom. The lowest BCUT2D eigenvalue weighted by atomic mass is 9.77. The van der Waals surface area contributed by atoms with Gasteiger partial charge in [-0.05, 0) is 46.3 Å². The lowest BCUT2D eigenvalue weighted by Gasteiger charge is -2.37. The molecule has 1 amide bonds. The Kier molecular flexibility index (Phi) is 6.03. The van der Waals surface area contributed by atoms with E-state index in [-0.39, 0.29) is 11.3 Å². The molecule has 0 radical (unpaired) electrons. The zero-order chi connectivity index (χ0) is 18.7. The largest absolute Gasteiger partial charge is 0.355 e. The molecule has 1 saturated heterocycles. The number of hydrogen-bond donors (Lipinski definition) is 1. The maximum absolute atomic E-state index is 12.7. The minimum atomic E-state index is 0.127. The highest BCUT2D eigenvalue weighted by atomic mass is 16.1. The molecule has 1 aliphatic carbocycles. The molecule has 1 aromatic rings. The van der Waals surface area contributed by atoms with E-state index in [1.165, 1.54) is 42.4 Å². The Hall–Kier alpha value is -1.39. The predicted octanol–water partition coefficient (Wildman–Crippen LogP) is 2.87. The summed E-state index contributed by atoms with van der Waals surface area (Å²) in [5, 5.41) is 3.30. The van der Waals surface area contributed by atoms with Crippen LogP contribution in [0.5, 0.6) is 0 Å². The number of rotatable bonds is 5. The van der Waals surface area contributed by atoms with E-state index < -0.39 is 0 Å². The number of nitrogens with one attached hydrogen (secondary N) is 1. The molecular formula is C22H35N3O. The van der Waals surface area contributed by atoms with Gasteiger partial charge in [0.2, 0.25) is 5.91 Å². The lowest BCUT2D eigenvalue weighted by molar-refractivity contribution is -0.123. The zero-order valence-corrected chi connectivity index (χ0v) is 17.0. The highest BCUT2D eigenvalue weighted by Gasteiger charge is 2.36. The quantitative estimate of drug-likeness (QED) is 0.880. The third-order valence-electron chi connectivity index (χ3n) is 6.42. The van der Waals surface area contributed by atoms with Crippen LogP contribution in [0.4, 0.5) is 0 Å². The van der Waals surface area contributed by atoms with Crippen molar-refractivity contribution in [3.05, 3.63) is 34.9 Å². The third-order valence-corrected chi connectivity index (χ3v) is 6.42. The molecule has 0 aromatic heterocycles. The number of amides is 1. The summed E-state index contributed by atoms with van der Waals surface area (Å²) in [4.78, 5) is 17.3. The van der Waals surface area contributed by atoms with Crippen LogP contribution in [0.25, 0.3) is 0 Å². The summed E-state index contributed by atoms with van der Waals surface area (Å²) in [6, 6.07) is 7.22. The number of benzene rings is 1. The molecule has 3 rings (SSSR count). The van der Waals surface area contributed by atoms with Crippen LogP contribution in [0, 0.1) is 13.8 Å². The number of hydrogen-bond acceptors (Lipinski definition) is 3. The van der Waals surface area contributed by atoms with Gasteiger partial charge in [0, 0.05) is 44.1 Å². The van der Waals surface area contributed by atoms with Crippen molar-refractivity contribution in [3.8, 4) is 0 Å². The second-order valence-electron chi connectivity index (χ2n) is 8.74. The first-order valence-corrected chi connectivity index (χ1v) is 10.1. The molecule has 1 saturated carbocycles. The molecule has 0 bridgehead atoms. The molecule has 4 heteroatoms. The van der Waals surface area contributed by atoms with Crippen molar-refractivity contribution in [2.24, 2.45) is 0 Å². The molecule has 0 spiro atoms. The number of nitrogens with zero attached hydrogens (tertiary/aromatic N) is 2. The van der Waals surface area contributed by atoms with E-state index in [4.69, 9.17) is 0 Å². The van der Waals surface area contributed by atoms with Gasteiger partial charge < -0.3 is 15.1 Å². The smallest absolute Gasteiger partial charge is 0.221 e. The summed E-state index contributed by atoms with van der Waals surface area (Å²) in [7, 11) is 4.28. The van der Waals surface area contributed by atoms with Gasteiger partial charge in [-0.25, -0.2) is 0 Å². The van der Waals surface area contributed by atoms with Crippen molar-refractivity contribution in [1.29, 1.82) is 0 Å². The molecule has 1 heterocycles. The molecular weight excluding hydrogens is 322 g/mol. The monoisotopic (exact) mass is 357 g/mol. The fourth-order valence-electron chi connectivity index (χ4n) is 4.78. The van der Waals surface area contributed by atoms with Gasteiger partial charge in [0.05, 0.1) is 0 Å². The van der Waals surface area contributed by atoms with Crippen molar-refractivity contribution in [2.75, 3.05) is 40.3 Å². The van der Waals surface area contributed by atoms with Gasteiger partial charge in [-0.3, -0.25) is 4.79 Å². The minimum absolute atomic E-state index is 0.127. The summed E-state index contributed by atoms with van der Waals surface area (Å²) < 4.78 is 0. The van der Waals surface area contributed by atoms with Crippen LogP contribution >= 0.6 is 0 Å². The fraction of sp³-hybridized carbons (Fsp3) is 0.682. The van der Waals surface area contributed by atoms with Crippen LogP contribution in [-0.2, 0) is 10.2 Å². The average molecular weight is 358 g/mol. The van der Waals surface area contributed by atoms with Gasteiger partial charge in [-0.1, -0.05) is 42.2 Å². The van der Waals surface area contributed by atoms with Crippen LogP contribution in [0.15, 0.2) is 18.2 Å². The second-order valence-corrected chi connectivity index (χ2v) is 8.74. The first kappa shape index (κ1) is 19.4. The van der Waals surface area contributed by atoms with Crippen molar-refractivity contribution >= 4 is 5.91 Å². The number of carbonyl (C=O) groups excluding carboxylic acids is 1. The van der Waals surface area contributed by atoms with E-state index in [1.807, 2.05) is 0 Å². The molecule has 144 valence electrons. The van der Waals surface area contributed by atoms with Gasteiger partial charge in [0.1, 0.15) is 0 Å². The predicted molar refractivity (Wildman–Crippen MR) is 108 cm³/mol. The van der Waals surface area contributed by atoms with Crippen molar-refractivity contribution in [3.63, 3.8) is 0 Å². The van der Waals surface area contributed by atoms with Crippen LogP contribution in [-0.4, -0.2) is 62.0 Å². The Bertz CT molecular complexity index is 616. The maximum atomic E-state index is 12.7. The van der Waals surface area contributed by atoms with Gasteiger partial charge in [-0.2, -0.15) is 0 Å². The van der Waals surface area contributed by atoms with E-state index in [2.05, 4.69) is 61.3 Å². The SMILES string of the molecule is Cc1cc(C)cc(C2(CNC(=O)C[C@H]3CN(C)CCN3C)CCCC2)c1. The van der Waals surface area contributed by atoms with E-state index in [1.54, 1.807) is 0 Å². The zero-order valence-electron chi connectivity index (χ0n) is 17.0. The number of carbonyl (C=O) groups is 1. The van der Waals surface area contributed by atoms with Crippen molar-refractivity contribution in [1.82, 2.24) is 15.1 Å². The normalized spacial score (nSPS) is 23.9. The average Bonchev–Trinajstić information content (AvgIpc) is 3.06. The minimum Gasteiger partial charge on any atom is -0.355 e. The Balaban J connectivity index is 1.64. The van der Waals surface area contributed by atoms with Crippen LogP contribution in [0.3, 0.4) is 0 Å². The Morgan fingerprint density at radius 3 is 2.42 bits per heavy atom. The number of likely N-dealkylation sites (N-methyl/N-ethyl adjacent to an activating group) is 2. The molecule has 4 nitrogen and oxygen atoms in total. The van der Waals surface area contributed by atoms with Gasteiger partial charge in [0.15, 0.2) is 0 Å². The summed E-state index contributed by atoms with van der Waals surface area (Å²) in [6.07, 6.45) is 5.49. The Morgan fingerprint density at radius 1 is 1.12 bits per heavy atom. The molecule has 26 heavy (non-hydrogen) atoms. The van der Waals surface area contributed by atoms with E-state index in [0.29, 0.717) is 12.5 Å². The van der Waals surface area contributed by atoms with Crippen LogP contribution in [0.2, 0.25) is 0 Å². The molecule has 0 unspecified atom stereocenters. The maximum Gasteiger partial charge on any atom is 0.221 e. The van der Waals surface area contributed by atoms with Gasteiger partial charge >= 0.3 is 0 Å². The van der Waals surface area contributed by atoms with E-state index >= 15 is 0 Å². The Labute approximate surface area is 158 Å². The number of piperazine rings is 1. The second kappa shape index (κ2) is 8.10. The lowest BCUT2D eigenvalue weighted by Crippen LogP contribution is -2.52. The van der Waals surface area contributed by atoms with E-state index in [9.17, 15) is 4.79 Å². The first-order valence-electron chi connectivity index (χ1n) is 10.1. The molecule has 1 N–H and O–H groups in total. The highest BCUT2D eigenvalue weighted by Crippen LogP contribution is 2.41. The van der Waals surface area contributed by atoms with Gasteiger partial charge in [0.25, 0.3) is 0 Å². The fourth-order valence-corrected chi connectivity index (χ4v) is 4.78. The van der Waals surface area contributed by atoms with Crippen molar-refractivity contribution < 1.29 is 4.79 Å². The molecule has 1 aliphatic heterocycles. The molecule has 1 aromatic carbocycles.